The first-order valence-electron chi connectivity index (χ1n) is 8.35. The minimum absolute atomic E-state index is 0.158. The monoisotopic (exact) mass is 374 g/mol. The maximum Gasteiger partial charge on any atom is 0.261 e. The van der Waals surface area contributed by atoms with Gasteiger partial charge < -0.3 is 15.0 Å². The van der Waals surface area contributed by atoms with Crippen molar-refractivity contribution >= 4 is 23.4 Å². The average Bonchev–Trinajstić information content (AvgIpc) is 2.64. The van der Waals surface area contributed by atoms with E-state index in [1.165, 1.54) is 4.90 Å². The van der Waals surface area contributed by atoms with Crippen LogP contribution in [0.5, 0.6) is 5.75 Å². The molecule has 2 aromatic rings. The Morgan fingerprint density at radius 2 is 1.88 bits per heavy atom. The number of hydrogen-bond donors (Lipinski definition) is 1. The molecule has 26 heavy (non-hydrogen) atoms. The molecule has 138 valence electrons. The Bertz CT molecular complexity index is 762. The number of nitrogens with zero attached hydrogens (tertiary/aromatic N) is 1. The molecule has 0 aromatic heterocycles. The number of carbonyl (C=O) groups is 2. The maximum atomic E-state index is 12.7. The van der Waals surface area contributed by atoms with E-state index in [1.54, 1.807) is 38.2 Å². The number of ether oxygens (including phenoxy) is 1. The number of hydrogen-bond acceptors (Lipinski definition) is 3. The van der Waals surface area contributed by atoms with Crippen LogP contribution in [0.15, 0.2) is 48.5 Å². The smallest absolute Gasteiger partial charge is 0.261 e. The fourth-order valence-electron chi connectivity index (χ4n) is 2.56. The van der Waals surface area contributed by atoms with E-state index in [4.69, 9.17) is 16.3 Å². The normalized spacial score (nSPS) is 11.5. The summed E-state index contributed by atoms with van der Waals surface area (Å²) >= 11 is 5.85. The zero-order valence-corrected chi connectivity index (χ0v) is 15.9. The second kappa shape index (κ2) is 9.25. The number of likely N-dealkylation sites (N-methyl/N-ethyl adjacent to an activating group) is 1. The molecule has 1 N–H and O–H groups in total. The van der Waals surface area contributed by atoms with E-state index in [0.29, 0.717) is 17.3 Å². The molecular weight excluding hydrogens is 352 g/mol. The summed E-state index contributed by atoms with van der Waals surface area (Å²) in [6.07, 6.45) is 0. The molecule has 6 heteroatoms. The first kappa shape index (κ1) is 19.8. The van der Waals surface area contributed by atoms with Gasteiger partial charge >= 0.3 is 0 Å². The predicted octanol–water partition coefficient (Wildman–Crippen LogP) is 3.19. The van der Waals surface area contributed by atoms with Gasteiger partial charge in [0.2, 0.25) is 5.91 Å². The van der Waals surface area contributed by atoms with E-state index in [0.717, 1.165) is 11.1 Å². The van der Waals surface area contributed by atoms with Gasteiger partial charge in [0.15, 0.2) is 6.61 Å². The molecule has 0 saturated carbocycles. The van der Waals surface area contributed by atoms with Gasteiger partial charge in [0.1, 0.15) is 11.8 Å². The summed E-state index contributed by atoms with van der Waals surface area (Å²) in [5.74, 6) is 0.0564. The van der Waals surface area contributed by atoms with Crippen LogP contribution >= 0.6 is 11.6 Å². The Labute approximate surface area is 158 Å². The third kappa shape index (κ3) is 5.49. The van der Waals surface area contributed by atoms with Crippen LogP contribution < -0.4 is 10.1 Å². The van der Waals surface area contributed by atoms with Gasteiger partial charge in [-0.2, -0.15) is 0 Å². The molecule has 0 bridgehead atoms. The van der Waals surface area contributed by atoms with Crippen molar-refractivity contribution in [2.24, 2.45) is 0 Å². The highest BCUT2D eigenvalue weighted by molar-refractivity contribution is 6.30. The summed E-state index contributed by atoms with van der Waals surface area (Å²) in [4.78, 5) is 26.3. The van der Waals surface area contributed by atoms with E-state index in [9.17, 15) is 9.59 Å². The Morgan fingerprint density at radius 3 is 2.50 bits per heavy atom. The molecule has 0 unspecified atom stereocenters. The van der Waals surface area contributed by atoms with E-state index < -0.39 is 6.04 Å². The van der Waals surface area contributed by atoms with Gasteiger partial charge in [-0.3, -0.25) is 9.59 Å². The second-order valence-corrected chi connectivity index (χ2v) is 6.48. The van der Waals surface area contributed by atoms with Crippen LogP contribution in [-0.4, -0.2) is 36.4 Å². The molecule has 2 aromatic carbocycles. The SMILES string of the molecule is CNC(=O)[C@@H](C)N(Cc1cccc(C)c1)C(=O)COc1ccc(Cl)cc1. The van der Waals surface area contributed by atoms with Crippen molar-refractivity contribution in [3.8, 4) is 5.75 Å². The molecule has 1 atom stereocenters. The van der Waals surface area contributed by atoms with Crippen molar-refractivity contribution in [1.29, 1.82) is 0 Å². The van der Waals surface area contributed by atoms with Gasteiger partial charge in [-0.25, -0.2) is 0 Å². The van der Waals surface area contributed by atoms with Crippen molar-refractivity contribution in [1.82, 2.24) is 10.2 Å². The molecule has 0 fully saturated rings. The summed E-state index contributed by atoms with van der Waals surface area (Å²) in [7, 11) is 1.55. The third-order valence-electron chi connectivity index (χ3n) is 4.03. The molecular formula is C20H23ClN2O3. The zero-order chi connectivity index (χ0) is 19.1. The lowest BCUT2D eigenvalue weighted by Gasteiger charge is -2.28. The number of aryl methyl sites for hydroxylation is 1. The van der Waals surface area contributed by atoms with Crippen molar-refractivity contribution in [2.45, 2.75) is 26.4 Å². The highest BCUT2D eigenvalue weighted by Crippen LogP contribution is 2.16. The van der Waals surface area contributed by atoms with Crippen LogP contribution in [0.25, 0.3) is 0 Å². The Balaban J connectivity index is 2.12. The highest BCUT2D eigenvalue weighted by atomic mass is 35.5. The van der Waals surface area contributed by atoms with Gasteiger partial charge in [0, 0.05) is 18.6 Å². The highest BCUT2D eigenvalue weighted by Gasteiger charge is 2.25. The number of nitrogens with one attached hydrogen (secondary N) is 1. The van der Waals surface area contributed by atoms with Gasteiger partial charge in [0.25, 0.3) is 5.91 Å². The lowest BCUT2D eigenvalue weighted by atomic mass is 10.1. The fourth-order valence-corrected chi connectivity index (χ4v) is 2.68. The lowest BCUT2D eigenvalue weighted by molar-refractivity contribution is -0.142. The van der Waals surface area contributed by atoms with Crippen LogP contribution in [0.4, 0.5) is 0 Å². The van der Waals surface area contributed by atoms with Crippen molar-refractivity contribution in [3.63, 3.8) is 0 Å². The largest absolute Gasteiger partial charge is 0.484 e. The van der Waals surface area contributed by atoms with Crippen LogP contribution in [0.1, 0.15) is 18.1 Å². The summed E-state index contributed by atoms with van der Waals surface area (Å²) in [5.41, 5.74) is 2.06. The fraction of sp³-hybridized carbons (Fsp3) is 0.300. The molecule has 0 heterocycles. The van der Waals surface area contributed by atoms with Crippen molar-refractivity contribution in [2.75, 3.05) is 13.7 Å². The first-order valence-corrected chi connectivity index (χ1v) is 8.73. The molecule has 2 rings (SSSR count). The number of amides is 2. The Hall–Kier alpha value is -2.53. The molecule has 2 amide bonds. The van der Waals surface area contributed by atoms with Gasteiger partial charge in [-0.15, -0.1) is 0 Å². The van der Waals surface area contributed by atoms with Crippen LogP contribution in [0.2, 0.25) is 5.02 Å². The number of halogens is 1. The van der Waals surface area contributed by atoms with Crippen LogP contribution in [-0.2, 0) is 16.1 Å². The van der Waals surface area contributed by atoms with Gasteiger partial charge in [0.05, 0.1) is 0 Å². The van der Waals surface area contributed by atoms with Crippen LogP contribution in [0, 0.1) is 6.92 Å². The molecule has 0 aliphatic rings. The van der Waals surface area contributed by atoms with Crippen LogP contribution in [0.3, 0.4) is 0 Å². The Kier molecular flexibility index (Phi) is 7.04. The lowest BCUT2D eigenvalue weighted by Crippen LogP contribution is -2.48. The minimum atomic E-state index is -0.609. The molecule has 0 radical (unpaired) electrons. The summed E-state index contributed by atoms with van der Waals surface area (Å²) in [6, 6.07) is 14.0. The number of carbonyl (C=O) groups excluding carboxylic acids is 2. The summed E-state index contributed by atoms with van der Waals surface area (Å²) in [6.45, 7) is 3.87. The summed E-state index contributed by atoms with van der Waals surface area (Å²) < 4.78 is 5.55. The number of rotatable bonds is 7. The molecule has 0 spiro atoms. The van der Waals surface area contributed by atoms with Gasteiger partial charge in [-0.05, 0) is 43.7 Å². The third-order valence-corrected chi connectivity index (χ3v) is 4.28. The van der Waals surface area contributed by atoms with Crippen molar-refractivity contribution < 1.29 is 14.3 Å². The molecule has 5 nitrogen and oxygen atoms in total. The minimum Gasteiger partial charge on any atom is -0.484 e. The topological polar surface area (TPSA) is 58.6 Å². The van der Waals surface area contributed by atoms with Gasteiger partial charge in [-0.1, -0.05) is 41.4 Å². The molecule has 0 aliphatic heterocycles. The average molecular weight is 375 g/mol. The number of benzene rings is 2. The maximum absolute atomic E-state index is 12.7. The van der Waals surface area contributed by atoms with E-state index >= 15 is 0 Å². The molecule has 0 aliphatic carbocycles. The van der Waals surface area contributed by atoms with E-state index in [2.05, 4.69) is 5.32 Å². The molecule has 0 saturated heterocycles. The quantitative estimate of drug-likeness (QED) is 0.809. The van der Waals surface area contributed by atoms with Crippen molar-refractivity contribution in [3.05, 3.63) is 64.7 Å². The van der Waals surface area contributed by atoms with E-state index in [1.807, 2.05) is 31.2 Å². The standard InChI is InChI=1S/C20H23ClN2O3/c1-14-5-4-6-16(11-14)12-23(15(2)20(25)22-3)19(24)13-26-18-9-7-17(21)8-10-18/h4-11,15H,12-13H2,1-3H3,(H,22,25)/t15-/m1/s1. The summed E-state index contributed by atoms with van der Waals surface area (Å²) in [5, 5.41) is 3.18. The predicted molar refractivity (Wildman–Crippen MR) is 102 cm³/mol. The zero-order valence-electron chi connectivity index (χ0n) is 15.2. The second-order valence-electron chi connectivity index (χ2n) is 6.04. The Morgan fingerprint density at radius 1 is 1.19 bits per heavy atom. The first-order chi connectivity index (χ1) is 12.4. The van der Waals surface area contributed by atoms with E-state index in [-0.39, 0.29) is 18.4 Å².